The van der Waals surface area contributed by atoms with E-state index in [1.807, 2.05) is 7.05 Å². The Balaban J connectivity index is 1.52. The SMILES string of the molecule is CN=C(NCCC1=CCCCC1)NCC(c1ccccc1)N1CCOCC1. The zero-order valence-corrected chi connectivity index (χ0v) is 16.6. The highest BCUT2D eigenvalue weighted by Gasteiger charge is 2.22. The number of aliphatic imine (C=N–C) groups is 1. The molecule has 1 fully saturated rings. The van der Waals surface area contributed by atoms with Gasteiger partial charge in [-0.3, -0.25) is 9.89 Å². The van der Waals surface area contributed by atoms with Crippen LogP contribution in [0, 0.1) is 0 Å². The highest BCUT2D eigenvalue weighted by atomic mass is 16.5. The summed E-state index contributed by atoms with van der Waals surface area (Å²) in [6.45, 7) is 5.35. The molecule has 1 heterocycles. The molecule has 0 aromatic heterocycles. The van der Waals surface area contributed by atoms with Crippen molar-refractivity contribution in [3.05, 3.63) is 47.5 Å². The molecule has 1 aromatic carbocycles. The van der Waals surface area contributed by atoms with E-state index in [2.05, 4.69) is 56.9 Å². The van der Waals surface area contributed by atoms with Crippen molar-refractivity contribution in [2.75, 3.05) is 46.4 Å². The van der Waals surface area contributed by atoms with Crippen LogP contribution in [0.25, 0.3) is 0 Å². The Labute approximate surface area is 163 Å². The van der Waals surface area contributed by atoms with Crippen LogP contribution in [-0.2, 0) is 4.74 Å². The summed E-state index contributed by atoms with van der Waals surface area (Å²) in [5.74, 6) is 0.889. The number of nitrogens with one attached hydrogen (secondary N) is 2. The van der Waals surface area contributed by atoms with Crippen LogP contribution in [0.15, 0.2) is 47.0 Å². The van der Waals surface area contributed by atoms with E-state index in [4.69, 9.17) is 4.74 Å². The number of rotatable bonds is 7. The molecule has 0 bridgehead atoms. The van der Waals surface area contributed by atoms with E-state index in [0.29, 0.717) is 6.04 Å². The minimum absolute atomic E-state index is 0.328. The van der Waals surface area contributed by atoms with Crippen LogP contribution >= 0.6 is 0 Å². The first-order chi connectivity index (χ1) is 13.4. The second kappa shape index (κ2) is 11.1. The fraction of sp³-hybridized carbons (Fsp3) is 0.591. The van der Waals surface area contributed by atoms with Crippen LogP contribution in [0.2, 0.25) is 0 Å². The average molecular weight is 371 g/mol. The van der Waals surface area contributed by atoms with E-state index >= 15 is 0 Å². The molecular weight excluding hydrogens is 336 g/mol. The van der Waals surface area contributed by atoms with Gasteiger partial charge in [0.15, 0.2) is 5.96 Å². The maximum absolute atomic E-state index is 5.54. The predicted molar refractivity (Wildman–Crippen MR) is 112 cm³/mol. The van der Waals surface area contributed by atoms with Crippen LogP contribution < -0.4 is 10.6 Å². The summed E-state index contributed by atoms with van der Waals surface area (Å²) >= 11 is 0. The highest BCUT2D eigenvalue weighted by molar-refractivity contribution is 5.79. The van der Waals surface area contributed by atoms with Gasteiger partial charge in [0.1, 0.15) is 0 Å². The molecule has 1 aromatic rings. The summed E-state index contributed by atoms with van der Waals surface area (Å²) in [6.07, 6.45) is 8.75. The molecule has 2 aliphatic rings. The third kappa shape index (κ3) is 6.36. The van der Waals surface area contributed by atoms with Crippen molar-refractivity contribution in [1.29, 1.82) is 0 Å². The fourth-order valence-electron chi connectivity index (χ4n) is 3.91. The minimum Gasteiger partial charge on any atom is -0.379 e. The fourth-order valence-corrected chi connectivity index (χ4v) is 3.91. The predicted octanol–water partition coefficient (Wildman–Crippen LogP) is 3.12. The van der Waals surface area contributed by atoms with Crippen LogP contribution in [0.3, 0.4) is 0 Å². The number of guanidine groups is 1. The summed E-state index contributed by atoms with van der Waals surface area (Å²) in [5, 5.41) is 7.02. The number of morpholine rings is 1. The van der Waals surface area contributed by atoms with Gasteiger partial charge < -0.3 is 15.4 Å². The molecule has 5 nitrogen and oxygen atoms in total. The van der Waals surface area contributed by atoms with Crippen molar-refractivity contribution < 1.29 is 4.74 Å². The summed E-state index contributed by atoms with van der Waals surface area (Å²) in [4.78, 5) is 6.92. The van der Waals surface area contributed by atoms with Crippen LogP contribution in [-0.4, -0.2) is 57.3 Å². The van der Waals surface area contributed by atoms with Gasteiger partial charge in [-0.05, 0) is 37.7 Å². The Morgan fingerprint density at radius 1 is 1.15 bits per heavy atom. The van der Waals surface area contributed by atoms with Crippen molar-refractivity contribution in [3.8, 4) is 0 Å². The third-order valence-corrected chi connectivity index (χ3v) is 5.48. The van der Waals surface area contributed by atoms with Gasteiger partial charge in [-0.15, -0.1) is 0 Å². The lowest BCUT2D eigenvalue weighted by Gasteiger charge is -2.35. The number of benzene rings is 1. The molecular formula is C22H34N4O. The normalized spacial score (nSPS) is 20.0. The molecule has 0 amide bonds. The number of ether oxygens (including phenoxy) is 1. The summed E-state index contributed by atoms with van der Waals surface area (Å²) in [6, 6.07) is 11.1. The molecule has 2 N–H and O–H groups in total. The van der Waals surface area contributed by atoms with Gasteiger partial charge in [0.05, 0.1) is 19.3 Å². The maximum Gasteiger partial charge on any atom is 0.191 e. The topological polar surface area (TPSA) is 48.9 Å². The third-order valence-electron chi connectivity index (χ3n) is 5.48. The number of allylic oxidation sites excluding steroid dienone is 1. The number of hydrogen-bond donors (Lipinski definition) is 2. The first-order valence-electron chi connectivity index (χ1n) is 10.4. The van der Waals surface area contributed by atoms with Gasteiger partial charge in [-0.25, -0.2) is 0 Å². The minimum atomic E-state index is 0.328. The average Bonchev–Trinajstić information content (AvgIpc) is 2.75. The molecule has 3 rings (SSSR count). The monoisotopic (exact) mass is 370 g/mol. The zero-order valence-electron chi connectivity index (χ0n) is 16.6. The van der Waals surface area contributed by atoms with Crippen molar-refractivity contribution in [3.63, 3.8) is 0 Å². The Morgan fingerprint density at radius 2 is 1.96 bits per heavy atom. The summed E-state index contributed by atoms with van der Waals surface area (Å²) < 4.78 is 5.54. The Kier molecular flexibility index (Phi) is 8.18. The van der Waals surface area contributed by atoms with Gasteiger partial charge in [-0.2, -0.15) is 0 Å². The molecule has 5 heteroatoms. The van der Waals surface area contributed by atoms with E-state index in [1.165, 1.54) is 31.2 Å². The van der Waals surface area contributed by atoms with Gasteiger partial charge in [0.2, 0.25) is 0 Å². The van der Waals surface area contributed by atoms with Crippen LogP contribution in [0.1, 0.15) is 43.7 Å². The molecule has 0 spiro atoms. The van der Waals surface area contributed by atoms with Crippen molar-refractivity contribution >= 4 is 5.96 Å². The molecule has 1 saturated heterocycles. The van der Waals surface area contributed by atoms with Gasteiger partial charge >= 0.3 is 0 Å². The number of nitrogens with zero attached hydrogens (tertiary/aromatic N) is 2. The van der Waals surface area contributed by atoms with E-state index in [-0.39, 0.29) is 0 Å². The highest BCUT2D eigenvalue weighted by Crippen LogP contribution is 2.21. The Bertz CT molecular complexity index is 608. The Hall–Kier alpha value is -1.85. The van der Waals surface area contributed by atoms with E-state index in [1.54, 1.807) is 5.57 Å². The van der Waals surface area contributed by atoms with Gasteiger partial charge in [0.25, 0.3) is 0 Å². The van der Waals surface area contributed by atoms with Crippen LogP contribution in [0.5, 0.6) is 0 Å². The first-order valence-corrected chi connectivity index (χ1v) is 10.4. The molecule has 148 valence electrons. The van der Waals surface area contributed by atoms with Crippen LogP contribution in [0.4, 0.5) is 0 Å². The van der Waals surface area contributed by atoms with Crippen molar-refractivity contribution in [2.24, 2.45) is 4.99 Å². The summed E-state index contributed by atoms with van der Waals surface area (Å²) in [5.41, 5.74) is 2.94. The maximum atomic E-state index is 5.54. The zero-order chi connectivity index (χ0) is 18.7. The number of hydrogen-bond acceptors (Lipinski definition) is 3. The lowest BCUT2D eigenvalue weighted by Crippen LogP contribution is -2.46. The lowest BCUT2D eigenvalue weighted by molar-refractivity contribution is 0.0170. The quantitative estimate of drug-likeness (QED) is 0.440. The molecule has 1 unspecified atom stereocenters. The summed E-state index contributed by atoms with van der Waals surface area (Å²) in [7, 11) is 1.85. The second-order valence-electron chi connectivity index (χ2n) is 7.31. The van der Waals surface area contributed by atoms with E-state index in [0.717, 1.165) is 51.8 Å². The largest absolute Gasteiger partial charge is 0.379 e. The molecule has 27 heavy (non-hydrogen) atoms. The van der Waals surface area contributed by atoms with E-state index < -0.39 is 0 Å². The van der Waals surface area contributed by atoms with E-state index in [9.17, 15) is 0 Å². The first kappa shape index (κ1) is 19.9. The van der Waals surface area contributed by atoms with Gasteiger partial charge in [-0.1, -0.05) is 42.0 Å². The second-order valence-corrected chi connectivity index (χ2v) is 7.31. The van der Waals surface area contributed by atoms with Crippen molar-refractivity contribution in [1.82, 2.24) is 15.5 Å². The molecule has 0 saturated carbocycles. The molecule has 1 aliphatic carbocycles. The lowest BCUT2D eigenvalue weighted by atomic mass is 9.97. The standard InChI is InChI=1S/C22H34N4O/c1-23-22(24-13-12-19-8-4-2-5-9-19)25-18-21(20-10-6-3-7-11-20)26-14-16-27-17-15-26/h3,6-8,10-11,21H,2,4-5,9,12-18H2,1H3,(H2,23,24,25). The Morgan fingerprint density at radius 3 is 2.67 bits per heavy atom. The van der Waals surface area contributed by atoms with Crippen molar-refractivity contribution in [2.45, 2.75) is 38.1 Å². The molecule has 0 radical (unpaired) electrons. The smallest absolute Gasteiger partial charge is 0.191 e. The molecule has 1 atom stereocenters. The molecule has 1 aliphatic heterocycles. The van der Waals surface area contributed by atoms with Gasteiger partial charge in [0, 0.05) is 33.2 Å².